The zero-order valence-corrected chi connectivity index (χ0v) is 12.3. The van der Waals surface area contributed by atoms with Crippen molar-refractivity contribution in [1.29, 1.82) is 0 Å². The van der Waals surface area contributed by atoms with Gasteiger partial charge in [-0.05, 0) is 36.5 Å². The largest absolute Gasteiger partial charge is 0.362 e. The fourth-order valence-electron chi connectivity index (χ4n) is 2.13. The molecule has 0 aromatic heterocycles. The molecule has 4 heteroatoms. The van der Waals surface area contributed by atoms with Crippen LogP contribution in [0.15, 0.2) is 29.3 Å². The van der Waals surface area contributed by atoms with E-state index in [-0.39, 0.29) is 5.82 Å². The quantitative estimate of drug-likeness (QED) is 0.913. The molecule has 0 bridgehead atoms. The van der Waals surface area contributed by atoms with E-state index in [0.29, 0.717) is 18.5 Å². The molecule has 19 heavy (non-hydrogen) atoms. The van der Waals surface area contributed by atoms with Crippen molar-refractivity contribution in [2.45, 2.75) is 32.7 Å². The summed E-state index contributed by atoms with van der Waals surface area (Å²) in [5.74, 6) is 1.60. The maximum absolute atomic E-state index is 13.0. The van der Waals surface area contributed by atoms with Crippen LogP contribution in [0.25, 0.3) is 0 Å². The van der Waals surface area contributed by atoms with E-state index >= 15 is 0 Å². The molecule has 104 valence electrons. The summed E-state index contributed by atoms with van der Waals surface area (Å²) in [6.07, 6.45) is 1.99. The first-order valence-electron chi connectivity index (χ1n) is 6.83. The van der Waals surface area contributed by atoms with Gasteiger partial charge in [-0.2, -0.15) is 0 Å². The number of nitrogens with zero attached hydrogens (tertiary/aromatic N) is 1. The second-order valence-electron chi connectivity index (χ2n) is 5.20. The highest BCUT2D eigenvalue weighted by Gasteiger charge is 2.19. The van der Waals surface area contributed by atoms with E-state index < -0.39 is 0 Å². The van der Waals surface area contributed by atoms with Crippen molar-refractivity contribution in [1.82, 2.24) is 5.32 Å². The Kier molecular flexibility index (Phi) is 5.25. The molecule has 0 aliphatic carbocycles. The Morgan fingerprint density at radius 1 is 1.47 bits per heavy atom. The molecule has 0 radical (unpaired) electrons. The van der Waals surface area contributed by atoms with Crippen molar-refractivity contribution in [2.75, 3.05) is 12.3 Å². The number of rotatable bonds is 4. The Balaban J connectivity index is 1.85. The van der Waals surface area contributed by atoms with E-state index in [0.717, 1.165) is 22.9 Å². The van der Waals surface area contributed by atoms with Gasteiger partial charge in [0.2, 0.25) is 0 Å². The van der Waals surface area contributed by atoms with Gasteiger partial charge in [-0.15, -0.1) is 0 Å². The molecule has 0 spiro atoms. The van der Waals surface area contributed by atoms with Gasteiger partial charge in [-0.3, -0.25) is 4.99 Å². The van der Waals surface area contributed by atoms with Crippen molar-refractivity contribution in [3.05, 3.63) is 35.6 Å². The zero-order chi connectivity index (χ0) is 13.7. The highest BCUT2D eigenvalue weighted by molar-refractivity contribution is 8.13. The fourth-order valence-corrected chi connectivity index (χ4v) is 3.11. The highest BCUT2D eigenvalue weighted by Crippen LogP contribution is 2.18. The van der Waals surface area contributed by atoms with Gasteiger partial charge in [0.1, 0.15) is 5.82 Å². The molecule has 1 aromatic carbocycles. The lowest BCUT2D eigenvalue weighted by molar-refractivity contribution is 0.442. The Bertz CT molecular complexity index is 446. The maximum atomic E-state index is 13.0. The number of nitrogens with one attached hydrogen (secondary N) is 1. The van der Waals surface area contributed by atoms with Gasteiger partial charge in [-0.1, -0.05) is 37.7 Å². The number of hydrogen-bond acceptors (Lipinski definition) is 2. The lowest BCUT2D eigenvalue weighted by atomic mass is 10.0. The maximum Gasteiger partial charge on any atom is 0.156 e. The molecular formula is C15H21FN2S. The summed E-state index contributed by atoms with van der Waals surface area (Å²) in [5, 5.41) is 4.53. The van der Waals surface area contributed by atoms with Crippen LogP contribution in [0.4, 0.5) is 4.39 Å². The normalized spacial score (nSPS) is 21.7. The van der Waals surface area contributed by atoms with Crippen molar-refractivity contribution in [3.8, 4) is 0 Å². The Morgan fingerprint density at radius 2 is 2.32 bits per heavy atom. The van der Waals surface area contributed by atoms with Crippen LogP contribution in [0.3, 0.4) is 0 Å². The van der Waals surface area contributed by atoms with Crippen LogP contribution >= 0.6 is 11.8 Å². The lowest BCUT2D eigenvalue weighted by Gasteiger charge is -2.28. The van der Waals surface area contributed by atoms with Crippen LogP contribution in [0, 0.1) is 11.7 Å². The Labute approximate surface area is 118 Å². The topological polar surface area (TPSA) is 24.4 Å². The number of thioether (sulfide) groups is 1. The van der Waals surface area contributed by atoms with E-state index in [1.807, 2.05) is 6.07 Å². The van der Waals surface area contributed by atoms with Gasteiger partial charge in [0.15, 0.2) is 5.17 Å². The SMILES string of the molecule is CC(C)C1CCSC(=NCCc2cccc(F)c2)N1. The minimum Gasteiger partial charge on any atom is -0.362 e. The third kappa shape index (κ3) is 4.53. The summed E-state index contributed by atoms with van der Waals surface area (Å²) in [4.78, 5) is 4.59. The third-order valence-electron chi connectivity index (χ3n) is 3.33. The average Bonchev–Trinajstić information content (AvgIpc) is 2.39. The third-order valence-corrected chi connectivity index (χ3v) is 4.29. The highest BCUT2D eigenvalue weighted by atomic mass is 32.2. The van der Waals surface area contributed by atoms with Crippen LogP contribution < -0.4 is 5.32 Å². The average molecular weight is 280 g/mol. The number of amidine groups is 1. The van der Waals surface area contributed by atoms with Gasteiger partial charge >= 0.3 is 0 Å². The molecule has 1 saturated heterocycles. The number of aliphatic imine (C=N–C) groups is 1. The van der Waals surface area contributed by atoms with Gasteiger partial charge in [0, 0.05) is 18.3 Å². The molecule has 1 heterocycles. The van der Waals surface area contributed by atoms with Crippen LogP contribution in [0.2, 0.25) is 0 Å². The summed E-state index contributed by atoms with van der Waals surface area (Å²) >= 11 is 1.79. The van der Waals surface area contributed by atoms with Crippen molar-refractivity contribution >= 4 is 16.9 Å². The van der Waals surface area contributed by atoms with Crippen molar-refractivity contribution in [2.24, 2.45) is 10.9 Å². The first-order valence-corrected chi connectivity index (χ1v) is 7.82. The summed E-state index contributed by atoms with van der Waals surface area (Å²) in [6.45, 7) is 5.18. The van der Waals surface area contributed by atoms with E-state index in [4.69, 9.17) is 0 Å². The fraction of sp³-hybridized carbons (Fsp3) is 0.533. The molecule has 0 amide bonds. The second-order valence-corrected chi connectivity index (χ2v) is 6.28. The number of hydrogen-bond donors (Lipinski definition) is 1. The van der Waals surface area contributed by atoms with Crippen molar-refractivity contribution in [3.63, 3.8) is 0 Å². The summed E-state index contributed by atoms with van der Waals surface area (Å²) < 4.78 is 13.0. The van der Waals surface area contributed by atoms with E-state index in [1.165, 1.54) is 12.5 Å². The Morgan fingerprint density at radius 3 is 3.05 bits per heavy atom. The van der Waals surface area contributed by atoms with Crippen LogP contribution in [-0.2, 0) is 6.42 Å². The van der Waals surface area contributed by atoms with Gasteiger partial charge < -0.3 is 5.32 Å². The predicted octanol–water partition coefficient (Wildman–Crippen LogP) is 3.48. The van der Waals surface area contributed by atoms with Crippen LogP contribution in [0.5, 0.6) is 0 Å². The Hall–Kier alpha value is -1.03. The van der Waals surface area contributed by atoms with Gasteiger partial charge in [0.25, 0.3) is 0 Å². The number of benzene rings is 1. The van der Waals surface area contributed by atoms with E-state index in [1.54, 1.807) is 23.9 Å². The summed E-state index contributed by atoms with van der Waals surface area (Å²) in [5.41, 5.74) is 1.01. The summed E-state index contributed by atoms with van der Waals surface area (Å²) in [6, 6.07) is 7.29. The molecular weight excluding hydrogens is 259 g/mol. The van der Waals surface area contributed by atoms with E-state index in [2.05, 4.69) is 24.2 Å². The predicted molar refractivity (Wildman–Crippen MR) is 81.2 cm³/mol. The molecule has 2 rings (SSSR count). The molecule has 2 nitrogen and oxygen atoms in total. The van der Waals surface area contributed by atoms with Crippen LogP contribution in [0.1, 0.15) is 25.8 Å². The van der Waals surface area contributed by atoms with Crippen molar-refractivity contribution < 1.29 is 4.39 Å². The smallest absolute Gasteiger partial charge is 0.156 e. The minimum atomic E-state index is -0.171. The first-order chi connectivity index (χ1) is 9.15. The molecule has 1 N–H and O–H groups in total. The van der Waals surface area contributed by atoms with Gasteiger partial charge in [-0.25, -0.2) is 4.39 Å². The molecule has 1 aliphatic rings. The monoisotopic (exact) mass is 280 g/mol. The minimum absolute atomic E-state index is 0.171. The van der Waals surface area contributed by atoms with E-state index in [9.17, 15) is 4.39 Å². The molecule has 1 atom stereocenters. The molecule has 0 saturated carbocycles. The van der Waals surface area contributed by atoms with Gasteiger partial charge in [0.05, 0.1) is 0 Å². The lowest BCUT2D eigenvalue weighted by Crippen LogP contribution is -2.41. The molecule has 1 fully saturated rings. The zero-order valence-electron chi connectivity index (χ0n) is 11.5. The summed E-state index contributed by atoms with van der Waals surface area (Å²) in [7, 11) is 0. The molecule has 1 aromatic rings. The second kappa shape index (κ2) is 6.94. The molecule has 1 unspecified atom stereocenters. The first kappa shape index (κ1) is 14.4. The standard InChI is InChI=1S/C15H21FN2S/c1-11(2)14-7-9-19-15(18-14)17-8-6-12-4-3-5-13(16)10-12/h3-5,10-11,14H,6-9H2,1-2H3,(H,17,18). The molecule has 1 aliphatic heterocycles. The number of halogens is 1. The van der Waals surface area contributed by atoms with Crippen LogP contribution in [-0.4, -0.2) is 23.5 Å².